The van der Waals surface area contributed by atoms with Crippen molar-refractivity contribution in [3.8, 4) is 16.9 Å². The predicted octanol–water partition coefficient (Wildman–Crippen LogP) is 7.96. The minimum Gasteiger partial charge on any atom is -0.508 e. The van der Waals surface area contributed by atoms with Crippen LogP contribution in [-0.4, -0.2) is 55.6 Å². The van der Waals surface area contributed by atoms with E-state index in [2.05, 4.69) is 83.6 Å². The number of phenols is 1. The Morgan fingerprint density at radius 3 is 2.55 bits per heavy atom. The number of piperidine rings is 1. The quantitative estimate of drug-likeness (QED) is 0.109. The van der Waals surface area contributed by atoms with Gasteiger partial charge in [0.25, 0.3) is 0 Å². The molecule has 2 bridgehead atoms. The van der Waals surface area contributed by atoms with Crippen molar-refractivity contribution in [1.29, 1.82) is 0 Å². The largest absolute Gasteiger partial charge is 0.508 e. The van der Waals surface area contributed by atoms with E-state index in [1.165, 1.54) is 5.56 Å². The monoisotopic (exact) mass is 809 g/mol. The first-order valence-electron chi connectivity index (χ1n) is 22.2. The molecular weight excluding hydrogens is 751 g/mol. The number of aliphatic hydroxyl groups is 1. The summed E-state index contributed by atoms with van der Waals surface area (Å²) >= 11 is 0. The molecule has 3 heterocycles. The Hall–Kier alpha value is -4.80. The van der Waals surface area contributed by atoms with E-state index < -0.39 is 5.41 Å². The van der Waals surface area contributed by atoms with Crippen LogP contribution in [0.25, 0.3) is 16.7 Å². The molecule has 3 aliphatic heterocycles. The maximum absolute atomic E-state index is 14.8. The number of nitrogens with one attached hydrogen (secondary N) is 3. The third kappa shape index (κ3) is 7.07. The second-order valence-corrected chi connectivity index (χ2v) is 17.9. The number of aromatic hydroxyl groups is 1. The number of fused-ring (bicyclic) bond motifs is 1. The van der Waals surface area contributed by atoms with Gasteiger partial charge in [-0.1, -0.05) is 61.5 Å². The number of phenolic OH excluding ortho intramolecular Hbond substituents is 1. The van der Waals surface area contributed by atoms with Crippen molar-refractivity contribution in [3.05, 3.63) is 130 Å². The molecule has 0 radical (unpaired) electrons. The van der Waals surface area contributed by atoms with Crippen molar-refractivity contribution in [2.24, 2.45) is 40.9 Å². The molecule has 3 aromatic rings. The van der Waals surface area contributed by atoms with Gasteiger partial charge in [0, 0.05) is 30.2 Å². The van der Waals surface area contributed by atoms with Crippen LogP contribution in [0.3, 0.4) is 0 Å². The fourth-order valence-electron chi connectivity index (χ4n) is 12.0. The van der Waals surface area contributed by atoms with E-state index in [4.69, 9.17) is 9.47 Å². The van der Waals surface area contributed by atoms with Crippen molar-refractivity contribution in [1.82, 2.24) is 16.0 Å². The molecule has 0 aromatic heterocycles. The van der Waals surface area contributed by atoms with Crippen LogP contribution >= 0.6 is 0 Å². The zero-order valence-electron chi connectivity index (χ0n) is 35.1. The van der Waals surface area contributed by atoms with Crippen LogP contribution in [0.5, 0.6) is 5.75 Å². The number of ether oxygens (including phenoxy) is 2. The van der Waals surface area contributed by atoms with Gasteiger partial charge in [-0.15, -0.1) is 0 Å². The lowest BCUT2D eigenvalue weighted by atomic mass is 9.44. The molecule has 9 nitrogen and oxygen atoms in total. The molecule has 0 amide bonds. The summed E-state index contributed by atoms with van der Waals surface area (Å²) in [6.07, 6.45) is 11.7. The van der Waals surface area contributed by atoms with Crippen molar-refractivity contribution in [2.75, 3.05) is 27.2 Å². The normalized spacial score (nSPS) is 29.4. The highest BCUT2D eigenvalue weighted by atomic mass is 16.5. The number of cyclic esters (lactones) is 2. The Balaban J connectivity index is 1.19. The van der Waals surface area contributed by atoms with Gasteiger partial charge in [-0.3, -0.25) is 0 Å². The van der Waals surface area contributed by atoms with E-state index in [1.54, 1.807) is 6.07 Å². The van der Waals surface area contributed by atoms with Crippen molar-refractivity contribution >= 4 is 17.5 Å². The third-order valence-electron chi connectivity index (χ3n) is 14.8. The van der Waals surface area contributed by atoms with Crippen molar-refractivity contribution < 1.29 is 29.3 Å². The highest BCUT2D eigenvalue weighted by Crippen LogP contribution is 2.72. The standard InChI is InChI=1S/C51H59N3O6/c1-4-30(23-31-9-6-5-7-10-31)25-43-51-21-19-38(45(48(51)50(58)60-43)41-27-36(56)14-15-37(41)34-12-8-11-32(24-34)28-52-2)39-16-17-40-42(59-49(57)46(40)47(39)51)18-13-35(29-55)33-20-22-54-44(26-33)53-3/h5-12,14-15,18,24-25,27,30,33,35,38-39,44,47,52-56H,4,13,16-17,19-23,26,28-29H2,1-3H3/b42-18?,43-25-/t30-,33+,35+,38+,39-,44-,47+,51+/m0/s1. The van der Waals surface area contributed by atoms with Crippen LogP contribution in [0, 0.1) is 40.9 Å². The van der Waals surface area contributed by atoms with Crippen LogP contribution in [-0.2, 0) is 32.0 Å². The molecular formula is C51H59N3O6. The highest BCUT2D eigenvalue weighted by molar-refractivity contribution is 6.07. The molecule has 60 heavy (non-hydrogen) atoms. The predicted molar refractivity (Wildman–Crippen MR) is 233 cm³/mol. The summed E-state index contributed by atoms with van der Waals surface area (Å²) < 4.78 is 12.8. The number of esters is 2. The minimum absolute atomic E-state index is 0.0280. The van der Waals surface area contributed by atoms with E-state index in [9.17, 15) is 19.8 Å². The molecule has 314 valence electrons. The zero-order chi connectivity index (χ0) is 41.5. The van der Waals surface area contributed by atoms with Gasteiger partial charge in [-0.2, -0.15) is 0 Å². The SMILES string of the molecule is CC[C@H](/C=C1\OC(=O)C2=C(c3cc(O)ccc3-c3cccc(CNC)c3)[C@@H]3CC[C@@]21[C@H]1C2=C(CC[C@@H]31)C(=CC[C@H](CO)[C@@H]1CCN[C@H](NC)C1)OC2=O)Cc1ccccc1. The number of allylic oxidation sites excluding steroid dienone is 5. The van der Waals surface area contributed by atoms with Crippen LogP contribution in [0.1, 0.15) is 75.0 Å². The molecule has 10 rings (SSSR count). The third-order valence-corrected chi connectivity index (χ3v) is 14.8. The molecule has 1 spiro atoms. The smallest absolute Gasteiger partial charge is 0.340 e. The maximum Gasteiger partial charge on any atom is 0.340 e. The summed E-state index contributed by atoms with van der Waals surface area (Å²) in [7, 11) is 3.89. The molecule has 7 aliphatic rings. The number of hydrogen-bond donors (Lipinski definition) is 5. The molecule has 2 saturated heterocycles. The second-order valence-electron chi connectivity index (χ2n) is 17.9. The lowest BCUT2D eigenvalue weighted by Crippen LogP contribution is -2.52. The van der Waals surface area contributed by atoms with Crippen LogP contribution in [0.4, 0.5) is 0 Å². The second kappa shape index (κ2) is 16.9. The topological polar surface area (TPSA) is 129 Å². The van der Waals surface area contributed by atoms with E-state index in [1.807, 2.05) is 32.3 Å². The van der Waals surface area contributed by atoms with Gasteiger partial charge >= 0.3 is 11.9 Å². The summed E-state index contributed by atoms with van der Waals surface area (Å²) in [5.41, 5.74) is 7.58. The lowest BCUT2D eigenvalue weighted by Gasteiger charge is -2.56. The molecule has 1 saturated carbocycles. The van der Waals surface area contributed by atoms with E-state index in [0.29, 0.717) is 54.4 Å². The van der Waals surface area contributed by atoms with Gasteiger partial charge < -0.3 is 35.6 Å². The summed E-state index contributed by atoms with van der Waals surface area (Å²) in [5, 5.41) is 31.8. The lowest BCUT2D eigenvalue weighted by molar-refractivity contribution is -0.135. The first-order chi connectivity index (χ1) is 29.3. The summed E-state index contributed by atoms with van der Waals surface area (Å²) in [6.45, 7) is 3.86. The molecule has 3 aromatic carbocycles. The van der Waals surface area contributed by atoms with E-state index in [-0.39, 0.29) is 60.1 Å². The number of rotatable bonds is 13. The van der Waals surface area contributed by atoms with Gasteiger partial charge in [0.2, 0.25) is 0 Å². The zero-order valence-corrected chi connectivity index (χ0v) is 35.1. The van der Waals surface area contributed by atoms with Crippen molar-refractivity contribution in [3.63, 3.8) is 0 Å². The van der Waals surface area contributed by atoms with E-state index in [0.717, 1.165) is 78.5 Å². The molecule has 0 unspecified atom stereocenters. The summed E-state index contributed by atoms with van der Waals surface area (Å²) in [6, 6.07) is 24.4. The molecule has 8 atom stereocenters. The van der Waals surface area contributed by atoms with Gasteiger partial charge in [0.15, 0.2) is 0 Å². The fourth-order valence-corrected chi connectivity index (χ4v) is 12.0. The number of aliphatic hydroxyl groups excluding tert-OH is 1. The van der Waals surface area contributed by atoms with Crippen LogP contribution < -0.4 is 16.0 Å². The highest BCUT2D eigenvalue weighted by Gasteiger charge is 2.68. The fraction of sp³-hybridized carbons (Fsp3) is 0.451. The first kappa shape index (κ1) is 40.6. The maximum atomic E-state index is 14.8. The number of carbonyl (C=O) groups is 2. The van der Waals surface area contributed by atoms with Gasteiger partial charge in [0.05, 0.1) is 17.2 Å². The van der Waals surface area contributed by atoms with Crippen molar-refractivity contribution in [2.45, 2.75) is 77.4 Å². The van der Waals surface area contributed by atoms with Crippen LogP contribution in [0.15, 0.2) is 113 Å². The Kier molecular flexibility index (Phi) is 11.5. The minimum atomic E-state index is -0.868. The Bertz CT molecular complexity index is 2280. The number of hydrogen-bond acceptors (Lipinski definition) is 9. The average molecular weight is 810 g/mol. The molecule has 5 N–H and O–H groups in total. The Morgan fingerprint density at radius 2 is 1.77 bits per heavy atom. The van der Waals surface area contributed by atoms with Gasteiger partial charge in [0.1, 0.15) is 17.3 Å². The van der Waals surface area contributed by atoms with E-state index >= 15 is 0 Å². The molecule has 3 fully saturated rings. The number of carbonyl (C=O) groups excluding carboxylic acids is 2. The summed E-state index contributed by atoms with van der Waals surface area (Å²) in [5.74, 6) is 0.996. The molecule has 4 aliphatic carbocycles. The Labute approximate surface area is 354 Å². The molecule has 9 heteroatoms. The number of benzene rings is 3. The van der Waals surface area contributed by atoms with Gasteiger partial charge in [-0.25, -0.2) is 9.59 Å². The average Bonchev–Trinajstić information content (AvgIpc) is 3.76. The van der Waals surface area contributed by atoms with Gasteiger partial charge in [-0.05, 0) is 172 Å². The van der Waals surface area contributed by atoms with Crippen LogP contribution in [0.2, 0.25) is 0 Å². The Morgan fingerprint density at radius 1 is 0.933 bits per heavy atom. The first-order valence-corrected chi connectivity index (χ1v) is 22.2. The summed E-state index contributed by atoms with van der Waals surface area (Å²) in [4.78, 5) is 29.3.